The van der Waals surface area contributed by atoms with Crippen molar-refractivity contribution in [2.24, 2.45) is 4.99 Å². The van der Waals surface area contributed by atoms with Crippen molar-refractivity contribution in [3.05, 3.63) is 57.8 Å². The minimum Gasteiger partial charge on any atom is -0.391 e. The normalized spacial score (nSPS) is 13.6. The van der Waals surface area contributed by atoms with Crippen LogP contribution in [0.25, 0.3) is 0 Å². The van der Waals surface area contributed by atoms with Gasteiger partial charge in [-0.2, -0.15) is 0 Å². The quantitative estimate of drug-likeness (QED) is 0.302. The molecule has 2 atom stereocenters. The largest absolute Gasteiger partial charge is 0.391 e. The van der Waals surface area contributed by atoms with E-state index in [-0.39, 0.29) is 30.0 Å². The Bertz CT molecular complexity index is 660. The summed E-state index contributed by atoms with van der Waals surface area (Å²) in [5, 5.41) is 16.9. The summed E-state index contributed by atoms with van der Waals surface area (Å²) in [6.07, 6.45) is 1.11. The average Bonchev–Trinajstić information content (AvgIpc) is 2.98. The van der Waals surface area contributed by atoms with Crippen LogP contribution in [0.5, 0.6) is 0 Å². The van der Waals surface area contributed by atoms with Crippen molar-refractivity contribution in [2.75, 3.05) is 13.1 Å². The molecule has 0 aliphatic heterocycles. The van der Waals surface area contributed by atoms with Crippen LogP contribution in [0, 0.1) is 6.92 Å². The highest BCUT2D eigenvalue weighted by Gasteiger charge is 2.09. The average molecular weight is 487 g/mol. The van der Waals surface area contributed by atoms with Gasteiger partial charge in [0.05, 0.1) is 12.6 Å². The minimum atomic E-state index is -0.479. The second-order valence-electron chi connectivity index (χ2n) is 6.33. The van der Waals surface area contributed by atoms with E-state index >= 15 is 0 Å². The molecule has 0 bridgehead atoms. The summed E-state index contributed by atoms with van der Waals surface area (Å²) in [5.74, 6) is 0.760. The van der Waals surface area contributed by atoms with Crippen molar-refractivity contribution in [2.45, 2.75) is 45.8 Å². The van der Waals surface area contributed by atoms with Gasteiger partial charge in [0.1, 0.15) is 0 Å². The zero-order valence-electron chi connectivity index (χ0n) is 15.7. The first-order valence-electron chi connectivity index (χ1n) is 8.89. The predicted octanol–water partition coefficient (Wildman–Crippen LogP) is 3.76. The molecule has 0 fully saturated rings. The maximum Gasteiger partial charge on any atom is 0.191 e. The maximum absolute atomic E-state index is 10.2. The van der Waals surface area contributed by atoms with Gasteiger partial charge in [0.2, 0.25) is 0 Å². The van der Waals surface area contributed by atoms with Crippen LogP contribution in [0.4, 0.5) is 0 Å². The van der Waals surface area contributed by atoms with E-state index in [1.165, 1.54) is 9.75 Å². The second-order valence-corrected chi connectivity index (χ2v) is 7.70. The van der Waals surface area contributed by atoms with Crippen LogP contribution >= 0.6 is 35.3 Å². The van der Waals surface area contributed by atoms with Gasteiger partial charge in [-0.15, -0.1) is 35.3 Å². The molecule has 4 nitrogen and oxygen atoms in total. The third kappa shape index (κ3) is 8.51. The first kappa shape index (κ1) is 22.9. The van der Waals surface area contributed by atoms with Gasteiger partial charge in [0.15, 0.2) is 5.96 Å². The van der Waals surface area contributed by atoms with E-state index in [0.717, 1.165) is 24.5 Å². The molecule has 1 aromatic carbocycles. The van der Waals surface area contributed by atoms with Crippen LogP contribution in [0.1, 0.15) is 29.2 Å². The van der Waals surface area contributed by atoms with Crippen molar-refractivity contribution in [1.29, 1.82) is 0 Å². The van der Waals surface area contributed by atoms with E-state index in [1.807, 2.05) is 48.6 Å². The number of nitrogens with one attached hydrogen (secondary N) is 2. The third-order valence-corrected chi connectivity index (χ3v) is 4.83. The summed E-state index contributed by atoms with van der Waals surface area (Å²) < 4.78 is 0. The first-order valence-corrected chi connectivity index (χ1v) is 9.70. The number of guanidine groups is 1. The number of hydrogen-bond donors (Lipinski definition) is 3. The molecule has 26 heavy (non-hydrogen) atoms. The second kappa shape index (κ2) is 12.3. The van der Waals surface area contributed by atoms with Crippen molar-refractivity contribution in [3.8, 4) is 0 Å². The molecular weight excluding hydrogens is 457 g/mol. The van der Waals surface area contributed by atoms with E-state index in [1.54, 1.807) is 0 Å². The Kier molecular flexibility index (Phi) is 10.8. The van der Waals surface area contributed by atoms with Gasteiger partial charge in [-0.25, -0.2) is 0 Å². The minimum absolute atomic E-state index is 0. The molecule has 0 spiro atoms. The van der Waals surface area contributed by atoms with Crippen LogP contribution < -0.4 is 10.6 Å². The fourth-order valence-corrected chi connectivity index (χ4v) is 3.67. The van der Waals surface area contributed by atoms with Gasteiger partial charge in [0.25, 0.3) is 0 Å². The van der Waals surface area contributed by atoms with Crippen molar-refractivity contribution >= 4 is 41.3 Å². The van der Waals surface area contributed by atoms with Crippen LogP contribution in [0.2, 0.25) is 0 Å². The molecule has 6 heteroatoms. The number of benzene rings is 1. The lowest BCUT2D eigenvalue weighted by Gasteiger charge is -2.18. The topological polar surface area (TPSA) is 56.7 Å². The Labute approximate surface area is 178 Å². The Morgan fingerprint density at radius 1 is 1.15 bits per heavy atom. The lowest BCUT2D eigenvalue weighted by atomic mass is 10.1. The molecule has 2 aromatic rings. The van der Waals surface area contributed by atoms with Crippen LogP contribution in [-0.2, 0) is 12.8 Å². The Balaban J connectivity index is 0.00000338. The lowest BCUT2D eigenvalue weighted by Crippen LogP contribution is -2.43. The molecule has 0 radical (unpaired) electrons. The molecule has 0 saturated heterocycles. The number of aliphatic imine (C=N–C) groups is 1. The van der Waals surface area contributed by atoms with E-state index in [4.69, 9.17) is 0 Å². The Hall–Kier alpha value is -1.12. The standard InChI is InChI=1S/C20H29N3OS.HI/c1-4-21-20(23-15(2)12-19-11-10-16(3)25-19)22-14-18(24)13-17-8-6-5-7-9-17;/h5-11,15,18,24H,4,12-14H2,1-3H3,(H2,21,22,23);1H. The number of halogens is 1. The highest BCUT2D eigenvalue weighted by Crippen LogP contribution is 2.16. The molecule has 2 unspecified atom stereocenters. The Morgan fingerprint density at radius 3 is 2.50 bits per heavy atom. The van der Waals surface area contributed by atoms with E-state index in [2.05, 4.69) is 41.6 Å². The zero-order valence-corrected chi connectivity index (χ0v) is 18.9. The van der Waals surface area contributed by atoms with Crippen molar-refractivity contribution < 1.29 is 5.11 Å². The molecule has 144 valence electrons. The van der Waals surface area contributed by atoms with E-state index in [0.29, 0.717) is 13.0 Å². The van der Waals surface area contributed by atoms with Gasteiger partial charge in [0, 0.05) is 35.2 Å². The number of aryl methyl sites for hydroxylation is 1. The fraction of sp³-hybridized carbons (Fsp3) is 0.450. The van der Waals surface area contributed by atoms with Crippen molar-refractivity contribution in [1.82, 2.24) is 10.6 Å². The SMILES string of the molecule is CCNC(=NCC(O)Cc1ccccc1)NC(C)Cc1ccc(C)s1.I. The summed E-state index contributed by atoms with van der Waals surface area (Å²) >= 11 is 1.84. The summed E-state index contributed by atoms with van der Waals surface area (Å²) in [7, 11) is 0. The van der Waals surface area contributed by atoms with E-state index < -0.39 is 6.10 Å². The van der Waals surface area contributed by atoms with Crippen LogP contribution in [0.3, 0.4) is 0 Å². The van der Waals surface area contributed by atoms with Crippen molar-refractivity contribution in [3.63, 3.8) is 0 Å². The summed E-state index contributed by atoms with van der Waals surface area (Å²) in [4.78, 5) is 7.26. The molecule has 0 aliphatic rings. The number of aliphatic hydroxyl groups is 1. The van der Waals surface area contributed by atoms with Gasteiger partial charge in [-0.3, -0.25) is 4.99 Å². The van der Waals surface area contributed by atoms with E-state index in [9.17, 15) is 5.11 Å². The highest BCUT2D eigenvalue weighted by atomic mass is 127. The highest BCUT2D eigenvalue weighted by molar-refractivity contribution is 14.0. The maximum atomic E-state index is 10.2. The first-order chi connectivity index (χ1) is 12.1. The third-order valence-electron chi connectivity index (χ3n) is 3.81. The number of hydrogen-bond acceptors (Lipinski definition) is 3. The summed E-state index contributed by atoms with van der Waals surface area (Å²) in [6, 6.07) is 14.6. The van der Waals surface area contributed by atoms with Crippen LogP contribution in [0.15, 0.2) is 47.5 Å². The van der Waals surface area contributed by atoms with Crippen LogP contribution in [-0.4, -0.2) is 36.3 Å². The molecule has 3 N–H and O–H groups in total. The van der Waals surface area contributed by atoms with Gasteiger partial charge in [-0.1, -0.05) is 30.3 Å². The fourth-order valence-electron chi connectivity index (χ4n) is 2.65. The molecule has 0 amide bonds. The van der Waals surface area contributed by atoms with Gasteiger partial charge in [-0.05, 0) is 38.5 Å². The Morgan fingerprint density at radius 2 is 1.88 bits per heavy atom. The van der Waals surface area contributed by atoms with Gasteiger partial charge < -0.3 is 15.7 Å². The summed E-state index contributed by atoms with van der Waals surface area (Å²) in [6.45, 7) is 7.51. The number of thiophene rings is 1. The molecule has 0 aliphatic carbocycles. The lowest BCUT2D eigenvalue weighted by molar-refractivity contribution is 0.183. The predicted molar refractivity (Wildman–Crippen MR) is 123 cm³/mol. The smallest absolute Gasteiger partial charge is 0.191 e. The molecule has 1 heterocycles. The summed E-state index contributed by atoms with van der Waals surface area (Å²) in [5.41, 5.74) is 1.13. The molecule has 0 saturated carbocycles. The number of aliphatic hydroxyl groups excluding tert-OH is 1. The number of nitrogens with zero attached hydrogens (tertiary/aromatic N) is 1. The molecule has 1 aromatic heterocycles. The number of rotatable bonds is 8. The monoisotopic (exact) mass is 487 g/mol. The molecular formula is C20H30IN3OS. The molecule has 2 rings (SSSR count). The van der Waals surface area contributed by atoms with Gasteiger partial charge >= 0.3 is 0 Å². The zero-order chi connectivity index (χ0) is 18.1.